The Morgan fingerprint density at radius 1 is 1.27 bits per heavy atom. The molecule has 1 aliphatic rings. The fourth-order valence-corrected chi connectivity index (χ4v) is 3.83. The molecule has 4 nitrogen and oxygen atoms in total. The van der Waals surface area contributed by atoms with Crippen molar-refractivity contribution in [3.63, 3.8) is 0 Å². The molecular weight excluding hydrogens is 338 g/mol. The van der Waals surface area contributed by atoms with E-state index in [0.717, 1.165) is 11.6 Å². The topological polar surface area (TPSA) is 41.6 Å². The summed E-state index contributed by atoms with van der Waals surface area (Å²) in [4.78, 5) is 14.5. The number of carbonyl (C=O) groups is 1. The molecule has 0 bridgehead atoms. The second-order valence-corrected chi connectivity index (χ2v) is 6.58. The predicted octanol–water partition coefficient (Wildman–Crippen LogP) is 2.68. The smallest absolute Gasteiger partial charge is 0.312 e. The van der Waals surface area contributed by atoms with E-state index in [0.29, 0.717) is 19.6 Å². The van der Waals surface area contributed by atoms with Gasteiger partial charge in [-0.15, -0.1) is 0 Å². The van der Waals surface area contributed by atoms with Crippen LogP contribution in [0.4, 0.5) is 8.78 Å². The molecule has 138 valence electrons. The van der Waals surface area contributed by atoms with Crippen molar-refractivity contribution in [2.24, 2.45) is 5.92 Å². The monoisotopic (exact) mass is 360 g/mol. The third-order valence-electron chi connectivity index (χ3n) is 5.10. The van der Waals surface area contributed by atoms with E-state index in [-0.39, 0.29) is 5.56 Å². The van der Waals surface area contributed by atoms with Crippen molar-refractivity contribution in [2.75, 3.05) is 27.2 Å². The minimum absolute atomic E-state index is 0.271. The number of rotatable bonds is 5. The van der Waals surface area contributed by atoms with Crippen molar-refractivity contribution >= 4 is 5.97 Å². The standard InChI is InChI=1S/C20H22F2N2O2/c1-23-20(16-9-8-15(21)10-18(16)22)13-24(12-17(20)19(25)26-2)11-14-6-4-3-5-7-14/h3-10,17,23H,11-13H2,1-2H3. The van der Waals surface area contributed by atoms with E-state index in [4.69, 9.17) is 4.74 Å². The van der Waals surface area contributed by atoms with Gasteiger partial charge in [0, 0.05) is 31.3 Å². The zero-order valence-corrected chi connectivity index (χ0v) is 14.8. The molecule has 0 spiro atoms. The van der Waals surface area contributed by atoms with E-state index in [9.17, 15) is 13.6 Å². The van der Waals surface area contributed by atoms with E-state index in [1.54, 1.807) is 7.05 Å². The van der Waals surface area contributed by atoms with Crippen molar-refractivity contribution in [1.82, 2.24) is 10.2 Å². The van der Waals surface area contributed by atoms with E-state index >= 15 is 0 Å². The van der Waals surface area contributed by atoms with Crippen LogP contribution in [-0.4, -0.2) is 38.1 Å². The lowest BCUT2D eigenvalue weighted by atomic mass is 9.80. The lowest BCUT2D eigenvalue weighted by Crippen LogP contribution is -2.50. The van der Waals surface area contributed by atoms with Gasteiger partial charge in [0.25, 0.3) is 0 Å². The molecule has 1 fully saturated rings. The summed E-state index contributed by atoms with van der Waals surface area (Å²) in [6, 6.07) is 13.3. The number of esters is 1. The number of hydrogen-bond acceptors (Lipinski definition) is 4. The molecular formula is C20H22F2N2O2. The number of benzene rings is 2. The Morgan fingerprint density at radius 3 is 2.62 bits per heavy atom. The summed E-state index contributed by atoms with van der Waals surface area (Å²) >= 11 is 0. The normalized spacial score (nSPS) is 23.2. The summed E-state index contributed by atoms with van der Waals surface area (Å²) in [6.45, 7) is 1.44. The number of ether oxygens (including phenoxy) is 1. The molecule has 0 amide bonds. The van der Waals surface area contributed by atoms with Crippen LogP contribution < -0.4 is 5.32 Å². The fourth-order valence-electron chi connectivity index (χ4n) is 3.83. The van der Waals surface area contributed by atoms with Gasteiger partial charge in [-0.25, -0.2) is 8.78 Å². The van der Waals surface area contributed by atoms with Gasteiger partial charge >= 0.3 is 5.97 Å². The molecule has 0 radical (unpaired) electrons. The summed E-state index contributed by atoms with van der Waals surface area (Å²) in [5.41, 5.74) is 0.384. The maximum Gasteiger partial charge on any atom is 0.312 e. The number of methoxy groups -OCH3 is 1. The maximum absolute atomic E-state index is 14.6. The third-order valence-corrected chi connectivity index (χ3v) is 5.10. The SMILES string of the molecule is CNC1(c2ccc(F)cc2F)CN(Cc2ccccc2)CC1C(=O)OC. The first-order chi connectivity index (χ1) is 12.5. The Kier molecular flexibility index (Phi) is 5.34. The average molecular weight is 360 g/mol. The first-order valence-electron chi connectivity index (χ1n) is 8.48. The Bertz CT molecular complexity index is 785. The number of likely N-dealkylation sites (tertiary alicyclic amines) is 1. The van der Waals surface area contributed by atoms with Crippen LogP contribution in [0.2, 0.25) is 0 Å². The highest BCUT2D eigenvalue weighted by atomic mass is 19.1. The molecule has 0 aromatic heterocycles. The van der Waals surface area contributed by atoms with E-state index in [1.165, 1.54) is 19.2 Å². The molecule has 2 aromatic rings. The largest absolute Gasteiger partial charge is 0.469 e. The van der Waals surface area contributed by atoms with Crippen LogP contribution in [0.3, 0.4) is 0 Å². The molecule has 0 saturated carbocycles. The first kappa shape index (κ1) is 18.5. The summed E-state index contributed by atoms with van der Waals surface area (Å²) in [5.74, 6) is -2.35. The molecule has 2 unspecified atom stereocenters. The summed E-state index contributed by atoms with van der Waals surface area (Å²) in [5, 5.41) is 3.13. The van der Waals surface area contributed by atoms with Crippen LogP contribution in [0.15, 0.2) is 48.5 Å². The van der Waals surface area contributed by atoms with Crippen LogP contribution >= 0.6 is 0 Å². The molecule has 2 aromatic carbocycles. The van der Waals surface area contributed by atoms with Crippen molar-refractivity contribution in [1.29, 1.82) is 0 Å². The Balaban J connectivity index is 1.98. The number of nitrogens with zero attached hydrogens (tertiary/aromatic N) is 1. The van der Waals surface area contributed by atoms with Crippen LogP contribution in [-0.2, 0) is 21.6 Å². The van der Waals surface area contributed by atoms with Crippen molar-refractivity contribution in [2.45, 2.75) is 12.1 Å². The highest BCUT2D eigenvalue weighted by Gasteiger charge is 2.52. The predicted molar refractivity (Wildman–Crippen MR) is 94.3 cm³/mol. The number of carbonyl (C=O) groups excluding carboxylic acids is 1. The molecule has 1 aliphatic heterocycles. The zero-order chi connectivity index (χ0) is 18.7. The fraction of sp³-hybridized carbons (Fsp3) is 0.350. The van der Waals surface area contributed by atoms with E-state index in [1.807, 2.05) is 30.3 Å². The Hall–Kier alpha value is -2.31. The Labute approximate surface area is 151 Å². The highest BCUT2D eigenvalue weighted by molar-refractivity contribution is 5.75. The summed E-state index contributed by atoms with van der Waals surface area (Å²) in [7, 11) is 3.01. The molecule has 1 N–H and O–H groups in total. The lowest BCUT2D eigenvalue weighted by molar-refractivity contribution is -0.147. The van der Waals surface area contributed by atoms with E-state index in [2.05, 4.69) is 10.2 Å². The quantitative estimate of drug-likeness (QED) is 0.833. The minimum atomic E-state index is -0.986. The molecule has 3 rings (SSSR count). The average Bonchev–Trinajstić information content (AvgIpc) is 3.01. The van der Waals surface area contributed by atoms with Gasteiger partial charge in [0.2, 0.25) is 0 Å². The minimum Gasteiger partial charge on any atom is -0.469 e. The van der Waals surface area contributed by atoms with Gasteiger partial charge in [-0.3, -0.25) is 9.69 Å². The molecule has 2 atom stereocenters. The lowest BCUT2D eigenvalue weighted by Gasteiger charge is -2.34. The summed E-state index contributed by atoms with van der Waals surface area (Å²) in [6.07, 6.45) is 0. The van der Waals surface area contributed by atoms with Gasteiger partial charge < -0.3 is 10.1 Å². The van der Waals surface area contributed by atoms with Gasteiger partial charge in [-0.1, -0.05) is 36.4 Å². The van der Waals surface area contributed by atoms with E-state index < -0.39 is 29.1 Å². The van der Waals surface area contributed by atoms with Crippen LogP contribution in [0, 0.1) is 17.6 Å². The molecule has 1 heterocycles. The first-order valence-corrected chi connectivity index (χ1v) is 8.48. The molecule has 26 heavy (non-hydrogen) atoms. The van der Waals surface area contributed by atoms with Gasteiger partial charge in [0.1, 0.15) is 11.6 Å². The molecule has 0 aliphatic carbocycles. The molecule has 6 heteroatoms. The zero-order valence-electron chi connectivity index (χ0n) is 14.8. The highest BCUT2D eigenvalue weighted by Crippen LogP contribution is 2.39. The number of halogens is 2. The van der Waals surface area contributed by atoms with Crippen LogP contribution in [0.25, 0.3) is 0 Å². The molecule has 1 saturated heterocycles. The number of likely N-dealkylation sites (N-methyl/N-ethyl adjacent to an activating group) is 1. The van der Waals surface area contributed by atoms with Crippen LogP contribution in [0.1, 0.15) is 11.1 Å². The maximum atomic E-state index is 14.6. The number of hydrogen-bond donors (Lipinski definition) is 1. The van der Waals surface area contributed by atoms with Gasteiger partial charge in [-0.05, 0) is 18.7 Å². The summed E-state index contributed by atoms with van der Waals surface area (Å²) < 4.78 is 32.9. The van der Waals surface area contributed by atoms with Crippen molar-refractivity contribution in [3.05, 3.63) is 71.3 Å². The second-order valence-electron chi connectivity index (χ2n) is 6.58. The third kappa shape index (κ3) is 3.34. The van der Waals surface area contributed by atoms with Crippen molar-refractivity contribution < 1.29 is 18.3 Å². The van der Waals surface area contributed by atoms with Gasteiger partial charge in [0.15, 0.2) is 0 Å². The van der Waals surface area contributed by atoms with Gasteiger partial charge in [-0.2, -0.15) is 0 Å². The number of nitrogens with one attached hydrogen (secondary N) is 1. The van der Waals surface area contributed by atoms with Crippen LogP contribution in [0.5, 0.6) is 0 Å². The van der Waals surface area contributed by atoms with Crippen molar-refractivity contribution in [3.8, 4) is 0 Å². The van der Waals surface area contributed by atoms with Gasteiger partial charge in [0.05, 0.1) is 18.6 Å². The second kappa shape index (κ2) is 7.51. The Morgan fingerprint density at radius 2 is 2.00 bits per heavy atom.